The summed E-state index contributed by atoms with van der Waals surface area (Å²) in [6.45, 7) is 2.65. The largest absolute Gasteiger partial charge is 0.457 e. The van der Waals surface area contributed by atoms with Gasteiger partial charge in [0.1, 0.15) is 11.5 Å². The van der Waals surface area contributed by atoms with Crippen LogP contribution in [0.4, 0.5) is 5.69 Å². The molecule has 0 radical (unpaired) electrons. The van der Waals surface area contributed by atoms with Gasteiger partial charge in [-0.1, -0.05) is 30.3 Å². The summed E-state index contributed by atoms with van der Waals surface area (Å²) in [5.41, 5.74) is 1.73. The van der Waals surface area contributed by atoms with Crippen molar-refractivity contribution in [2.75, 3.05) is 24.5 Å². The van der Waals surface area contributed by atoms with Crippen LogP contribution in [0.5, 0.6) is 11.5 Å². The summed E-state index contributed by atoms with van der Waals surface area (Å²) in [6.07, 6.45) is 5.81. The first-order valence-corrected chi connectivity index (χ1v) is 10.0. The number of pyridine rings is 1. The first-order chi connectivity index (χ1) is 14.3. The third-order valence-corrected chi connectivity index (χ3v) is 5.28. The molecule has 0 aliphatic carbocycles. The predicted molar refractivity (Wildman–Crippen MR) is 114 cm³/mol. The summed E-state index contributed by atoms with van der Waals surface area (Å²) in [5.74, 6) is 1.68. The van der Waals surface area contributed by atoms with Crippen molar-refractivity contribution >= 4 is 11.6 Å². The SMILES string of the molecule is O=C(NCC1CCN(c2cccnc2)CC1)c1ccccc1Oc1ccccc1. The summed E-state index contributed by atoms with van der Waals surface area (Å²) >= 11 is 0. The Balaban J connectivity index is 1.32. The van der Waals surface area contributed by atoms with Gasteiger partial charge in [0.05, 0.1) is 17.4 Å². The lowest BCUT2D eigenvalue weighted by Gasteiger charge is -2.33. The number of rotatable bonds is 6. The molecular weight excluding hydrogens is 362 g/mol. The molecule has 1 fully saturated rings. The van der Waals surface area contributed by atoms with Gasteiger partial charge in [0.25, 0.3) is 5.91 Å². The quantitative estimate of drug-likeness (QED) is 0.676. The Hall–Kier alpha value is -3.34. The Morgan fingerprint density at radius 2 is 1.76 bits per heavy atom. The molecule has 1 aliphatic heterocycles. The number of benzene rings is 2. The van der Waals surface area contributed by atoms with E-state index in [0.717, 1.165) is 31.7 Å². The highest BCUT2D eigenvalue weighted by Gasteiger charge is 2.21. The molecule has 0 saturated carbocycles. The molecule has 1 N–H and O–H groups in total. The number of anilines is 1. The molecule has 5 heteroatoms. The van der Waals surface area contributed by atoms with Crippen molar-refractivity contribution in [3.8, 4) is 11.5 Å². The number of carbonyl (C=O) groups excluding carboxylic acids is 1. The van der Waals surface area contributed by atoms with Gasteiger partial charge in [0.15, 0.2) is 0 Å². The van der Waals surface area contributed by atoms with Crippen molar-refractivity contribution in [1.82, 2.24) is 10.3 Å². The molecule has 2 aromatic carbocycles. The summed E-state index contributed by atoms with van der Waals surface area (Å²) in [6, 6.07) is 21.0. The van der Waals surface area contributed by atoms with E-state index in [1.54, 1.807) is 12.3 Å². The monoisotopic (exact) mass is 387 g/mol. The number of ether oxygens (including phenoxy) is 1. The van der Waals surface area contributed by atoms with Crippen molar-refractivity contribution in [3.63, 3.8) is 0 Å². The summed E-state index contributed by atoms with van der Waals surface area (Å²) in [7, 11) is 0. The van der Waals surface area contributed by atoms with Crippen LogP contribution in [0, 0.1) is 5.92 Å². The summed E-state index contributed by atoms with van der Waals surface area (Å²) < 4.78 is 5.91. The maximum Gasteiger partial charge on any atom is 0.255 e. The van der Waals surface area contributed by atoms with Crippen LogP contribution in [0.15, 0.2) is 79.1 Å². The fourth-order valence-electron chi connectivity index (χ4n) is 3.63. The maximum absolute atomic E-state index is 12.8. The first kappa shape index (κ1) is 19.0. The van der Waals surface area contributed by atoms with E-state index in [1.165, 1.54) is 5.69 Å². The standard InChI is InChI=1S/C24H25N3O2/c28-24(22-10-4-5-11-23(22)29-21-8-2-1-3-9-21)26-17-19-12-15-27(16-13-19)20-7-6-14-25-18-20/h1-11,14,18-19H,12-13,15-17H2,(H,26,28). The lowest BCUT2D eigenvalue weighted by atomic mass is 9.96. The maximum atomic E-state index is 12.8. The molecule has 29 heavy (non-hydrogen) atoms. The van der Waals surface area contributed by atoms with Gasteiger partial charge in [-0.05, 0) is 55.2 Å². The van der Waals surface area contributed by atoms with E-state index in [1.807, 2.05) is 60.8 Å². The molecule has 2 heterocycles. The van der Waals surface area contributed by atoms with E-state index in [2.05, 4.69) is 21.3 Å². The number of para-hydroxylation sites is 2. The molecular formula is C24H25N3O2. The van der Waals surface area contributed by atoms with Gasteiger partial charge in [0.2, 0.25) is 0 Å². The smallest absolute Gasteiger partial charge is 0.255 e. The number of carbonyl (C=O) groups is 1. The third kappa shape index (κ3) is 4.93. The minimum Gasteiger partial charge on any atom is -0.457 e. The number of hydrogen-bond acceptors (Lipinski definition) is 4. The zero-order chi connectivity index (χ0) is 19.9. The zero-order valence-electron chi connectivity index (χ0n) is 16.3. The number of piperidine rings is 1. The number of hydrogen-bond donors (Lipinski definition) is 1. The van der Waals surface area contributed by atoms with E-state index in [4.69, 9.17) is 4.74 Å². The van der Waals surface area contributed by atoms with Crippen LogP contribution in [0.1, 0.15) is 23.2 Å². The second-order valence-electron chi connectivity index (χ2n) is 7.26. The minimum atomic E-state index is -0.0915. The van der Waals surface area contributed by atoms with E-state index in [0.29, 0.717) is 23.8 Å². The van der Waals surface area contributed by atoms with Crippen LogP contribution in [-0.4, -0.2) is 30.5 Å². The molecule has 3 aromatic rings. The zero-order valence-corrected chi connectivity index (χ0v) is 16.3. The topological polar surface area (TPSA) is 54.5 Å². The van der Waals surface area contributed by atoms with Crippen LogP contribution in [-0.2, 0) is 0 Å². The Labute approximate surface area is 171 Å². The van der Waals surface area contributed by atoms with Gasteiger partial charge in [-0.25, -0.2) is 0 Å². The van der Waals surface area contributed by atoms with Gasteiger partial charge in [0, 0.05) is 25.8 Å². The fraction of sp³-hybridized carbons (Fsp3) is 0.250. The highest BCUT2D eigenvalue weighted by Crippen LogP contribution is 2.26. The van der Waals surface area contributed by atoms with E-state index < -0.39 is 0 Å². The molecule has 1 saturated heterocycles. The second-order valence-corrected chi connectivity index (χ2v) is 7.26. The molecule has 1 amide bonds. The van der Waals surface area contributed by atoms with Crippen molar-refractivity contribution in [3.05, 3.63) is 84.7 Å². The van der Waals surface area contributed by atoms with Crippen molar-refractivity contribution in [2.24, 2.45) is 5.92 Å². The lowest BCUT2D eigenvalue weighted by Crippen LogP contribution is -2.38. The second kappa shape index (κ2) is 9.24. The molecule has 4 rings (SSSR count). The molecule has 0 bridgehead atoms. The van der Waals surface area contributed by atoms with Crippen LogP contribution in [0.25, 0.3) is 0 Å². The average Bonchev–Trinajstić information content (AvgIpc) is 2.79. The molecule has 0 spiro atoms. The van der Waals surface area contributed by atoms with Crippen LogP contribution >= 0.6 is 0 Å². The van der Waals surface area contributed by atoms with Crippen LogP contribution in [0.3, 0.4) is 0 Å². The van der Waals surface area contributed by atoms with Crippen LogP contribution in [0.2, 0.25) is 0 Å². The molecule has 0 atom stereocenters. The highest BCUT2D eigenvalue weighted by molar-refractivity contribution is 5.97. The average molecular weight is 387 g/mol. The van der Waals surface area contributed by atoms with Gasteiger partial charge >= 0.3 is 0 Å². The molecule has 1 aliphatic rings. The molecule has 0 unspecified atom stereocenters. The van der Waals surface area contributed by atoms with Crippen molar-refractivity contribution in [2.45, 2.75) is 12.8 Å². The Morgan fingerprint density at radius 3 is 2.52 bits per heavy atom. The minimum absolute atomic E-state index is 0.0915. The number of nitrogens with zero attached hydrogens (tertiary/aromatic N) is 2. The Bertz CT molecular complexity index is 923. The van der Waals surface area contributed by atoms with E-state index >= 15 is 0 Å². The van der Waals surface area contributed by atoms with Crippen molar-refractivity contribution in [1.29, 1.82) is 0 Å². The molecule has 1 aromatic heterocycles. The number of amides is 1. The van der Waals surface area contributed by atoms with E-state index in [9.17, 15) is 4.79 Å². The van der Waals surface area contributed by atoms with E-state index in [-0.39, 0.29) is 5.91 Å². The number of aromatic nitrogens is 1. The highest BCUT2D eigenvalue weighted by atomic mass is 16.5. The first-order valence-electron chi connectivity index (χ1n) is 10.0. The summed E-state index contributed by atoms with van der Waals surface area (Å²) in [4.78, 5) is 19.3. The third-order valence-electron chi connectivity index (χ3n) is 5.28. The van der Waals surface area contributed by atoms with Gasteiger partial charge in [-0.2, -0.15) is 0 Å². The molecule has 5 nitrogen and oxygen atoms in total. The lowest BCUT2D eigenvalue weighted by molar-refractivity contribution is 0.0942. The van der Waals surface area contributed by atoms with Gasteiger partial charge in [-0.15, -0.1) is 0 Å². The molecule has 148 valence electrons. The van der Waals surface area contributed by atoms with Crippen LogP contribution < -0.4 is 15.0 Å². The normalized spacial score (nSPS) is 14.4. The van der Waals surface area contributed by atoms with Gasteiger partial charge in [-0.3, -0.25) is 9.78 Å². The van der Waals surface area contributed by atoms with Gasteiger partial charge < -0.3 is 15.0 Å². The summed E-state index contributed by atoms with van der Waals surface area (Å²) in [5, 5.41) is 3.10. The number of nitrogens with one attached hydrogen (secondary N) is 1. The predicted octanol–water partition coefficient (Wildman–Crippen LogP) is 4.52. The Kier molecular flexibility index (Phi) is 6.05. The Morgan fingerprint density at radius 1 is 1.00 bits per heavy atom. The fourth-order valence-corrected chi connectivity index (χ4v) is 3.63. The van der Waals surface area contributed by atoms with Crippen molar-refractivity contribution < 1.29 is 9.53 Å².